The van der Waals surface area contributed by atoms with Gasteiger partial charge in [-0.1, -0.05) is 33.6 Å². The largest absolute Gasteiger partial charge is 0.395 e. The molecular weight excluding hydrogens is 236 g/mol. The molecular formula is C16H34N2O. The van der Waals surface area contributed by atoms with Crippen molar-refractivity contribution in [3.63, 3.8) is 0 Å². The maximum Gasteiger partial charge on any atom is 0.0558 e. The van der Waals surface area contributed by atoms with Gasteiger partial charge in [0.2, 0.25) is 0 Å². The van der Waals surface area contributed by atoms with Gasteiger partial charge in [-0.25, -0.2) is 0 Å². The van der Waals surface area contributed by atoms with Crippen LogP contribution >= 0.6 is 0 Å². The number of hydrogen-bond acceptors (Lipinski definition) is 3. The van der Waals surface area contributed by atoms with Crippen molar-refractivity contribution >= 4 is 0 Å². The standard InChI is InChI=1S/C16H34N2O/c1-4-13-7-8-14(12-17)16(11-13)18(9-10-19)15(5-2)6-3/h13-16,19H,4-12,17H2,1-3H3. The van der Waals surface area contributed by atoms with Crippen molar-refractivity contribution in [2.45, 2.75) is 71.4 Å². The van der Waals surface area contributed by atoms with E-state index in [9.17, 15) is 5.11 Å². The van der Waals surface area contributed by atoms with Gasteiger partial charge in [0.05, 0.1) is 6.61 Å². The summed E-state index contributed by atoms with van der Waals surface area (Å²) in [5, 5.41) is 9.42. The van der Waals surface area contributed by atoms with Gasteiger partial charge in [0.1, 0.15) is 0 Å². The normalized spacial score (nSPS) is 28.3. The number of aliphatic hydroxyl groups is 1. The highest BCUT2D eigenvalue weighted by Gasteiger charge is 2.34. The van der Waals surface area contributed by atoms with Gasteiger partial charge < -0.3 is 10.8 Å². The van der Waals surface area contributed by atoms with E-state index in [-0.39, 0.29) is 6.61 Å². The van der Waals surface area contributed by atoms with Gasteiger partial charge in [-0.2, -0.15) is 0 Å². The summed E-state index contributed by atoms with van der Waals surface area (Å²) in [6.45, 7) is 8.69. The molecule has 114 valence electrons. The highest BCUT2D eigenvalue weighted by atomic mass is 16.3. The average Bonchev–Trinajstić information content (AvgIpc) is 2.46. The fourth-order valence-corrected chi connectivity index (χ4v) is 3.84. The minimum absolute atomic E-state index is 0.265. The third-order valence-corrected chi connectivity index (χ3v) is 5.14. The minimum atomic E-state index is 0.265. The van der Waals surface area contributed by atoms with E-state index >= 15 is 0 Å². The van der Waals surface area contributed by atoms with E-state index in [4.69, 9.17) is 5.73 Å². The Morgan fingerprint density at radius 1 is 1.21 bits per heavy atom. The van der Waals surface area contributed by atoms with E-state index in [2.05, 4.69) is 25.7 Å². The lowest BCUT2D eigenvalue weighted by molar-refractivity contribution is 0.0293. The van der Waals surface area contributed by atoms with Gasteiger partial charge in [0.25, 0.3) is 0 Å². The summed E-state index contributed by atoms with van der Waals surface area (Å²) in [4.78, 5) is 2.57. The molecule has 0 radical (unpaired) electrons. The molecule has 0 spiro atoms. The molecule has 0 aromatic heterocycles. The fourth-order valence-electron chi connectivity index (χ4n) is 3.84. The van der Waals surface area contributed by atoms with Crippen molar-refractivity contribution in [3.05, 3.63) is 0 Å². The van der Waals surface area contributed by atoms with E-state index in [1.54, 1.807) is 0 Å². The first kappa shape index (κ1) is 16.9. The van der Waals surface area contributed by atoms with Crippen LogP contribution in [0.3, 0.4) is 0 Å². The molecule has 0 aromatic rings. The fraction of sp³-hybridized carbons (Fsp3) is 1.00. The van der Waals surface area contributed by atoms with Crippen LogP contribution in [0.4, 0.5) is 0 Å². The van der Waals surface area contributed by atoms with Crippen LogP contribution in [0.2, 0.25) is 0 Å². The van der Waals surface area contributed by atoms with Gasteiger partial charge >= 0.3 is 0 Å². The second kappa shape index (κ2) is 8.93. The lowest BCUT2D eigenvalue weighted by Crippen LogP contribution is -2.52. The molecule has 19 heavy (non-hydrogen) atoms. The topological polar surface area (TPSA) is 49.5 Å². The Morgan fingerprint density at radius 3 is 2.37 bits per heavy atom. The molecule has 0 saturated heterocycles. The van der Waals surface area contributed by atoms with Gasteiger partial charge in [0.15, 0.2) is 0 Å². The molecule has 1 rings (SSSR count). The molecule has 3 N–H and O–H groups in total. The average molecular weight is 270 g/mol. The van der Waals surface area contributed by atoms with Crippen LogP contribution < -0.4 is 5.73 Å². The summed E-state index contributed by atoms with van der Waals surface area (Å²) >= 11 is 0. The number of nitrogens with zero attached hydrogens (tertiary/aromatic N) is 1. The minimum Gasteiger partial charge on any atom is -0.395 e. The SMILES string of the molecule is CCC1CCC(CN)C(N(CCO)C(CC)CC)C1. The first-order valence-corrected chi connectivity index (χ1v) is 8.28. The number of hydrogen-bond donors (Lipinski definition) is 2. The van der Waals surface area contributed by atoms with E-state index in [1.165, 1.54) is 38.5 Å². The van der Waals surface area contributed by atoms with E-state index < -0.39 is 0 Å². The zero-order chi connectivity index (χ0) is 14.3. The molecule has 0 bridgehead atoms. The first-order chi connectivity index (χ1) is 9.21. The van der Waals surface area contributed by atoms with Crippen molar-refractivity contribution in [1.29, 1.82) is 0 Å². The van der Waals surface area contributed by atoms with Crippen molar-refractivity contribution in [2.24, 2.45) is 17.6 Å². The molecule has 1 fully saturated rings. The summed E-state index contributed by atoms with van der Waals surface area (Å²) in [5.74, 6) is 1.47. The van der Waals surface area contributed by atoms with Crippen LogP contribution in [0.25, 0.3) is 0 Å². The van der Waals surface area contributed by atoms with Crippen molar-refractivity contribution in [1.82, 2.24) is 4.90 Å². The molecule has 1 saturated carbocycles. The molecule has 3 nitrogen and oxygen atoms in total. The summed E-state index contributed by atoms with van der Waals surface area (Å²) in [6, 6.07) is 1.18. The Labute approximate surface area is 119 Å². The molecule has 3 atom stereocenters. The predicted molar refractivity (Wildman–Crippen MR) is 82.1 cm³/mol. The zero-order valence-electron chi connectivity index (χ0n) is 13.1. The van der Waals surface area contributed by atoms with Crippen molar-refractivity contribution in [3.8, 4) is 0 Å². The zero-order valence-corrected chi connectivity index (χ0v) is 13.1. The second-order valence-corrected chi connectivity index (χ2v) is 6.08. The third-order valence-electron chi connectivity index (χ3n) is 5.14. The quantitative estimate of drug-likeness (QED) is 0.713. The summed E-state index contributed by atoms with van der Waals surface area (Å²) in [7, 11) is 0. The number of aliphatic hydroxyl groups excluding tert-OH is 1. The highest BCUT2D eigenvalue weighted by molar-refractivity contribution is 4.89. The molecule has 0 aromatic carbocycles. The summed E-state index contributed by atoms with van der Waals surface area (Å²) < 4.78 is 0. The van der Waals surface area contributed by atoms with Crippen LogP contribution in [0.1, 0.15) is 59.3 Å². The Morgan fingerprint density at radius 2 is 1.89 bits per heavy atom. The van der Waals surface area contributed by atoms with E-state index in [0.29, 0.717) is 18.0 Å². The Bertz CT molecular complexity index is 231. The lowest BCUT2D eigenvalue weighted by atomic mass is 9.76. The van der Waals surface area contributed by atoms with Crippen LogP contribution in [-0.4, -0.2) is 41.8 Å². The predicted octanol–water partition coefficient (Wildman–Crippen LogP) is 2.62. The van der Waals surface area contributed by atoms with E-state index in [0.717, 1.165) is 19.0 Å². The Balaban J connectivity index is 2.81. The molecule has 0 aliphatic heterocycles. The Hall–Kier alpha value is -0.120. The smallest absolute Gasteiger partial charge is 0.0558 e. The van der Waals surface area contributed by atoms with Gasteiger partial charge in [0, 0.05) is 18.6 Å². The maximum absolute atomic E-state index is 9.42. The Kier molecular flexibility index (Phi) is 7.96. The number of rotatable bonds is 8. The summed E-state index contributed by atoms with van der Waals surface area (Å²) in [6.07, 6.45) is 7.49. The first-order valence-electron chi connectivity index (χ1n) is 8.28. The molecule has 0 amide bonds. The number of nitrogens with two attached hydrogens (primary N) is 1. The van der Waals surface area contributed by atoms with E-state index in [1.807, 2.05) is 0 Å². The highest BCUT2D eigenvalue weighted by Crippen LogP contribution is 2.35. The van der Waals surface area contributed by atoms with Crippen molar-refractivity contribution < 1.29 is 5.11 Å². The molecule has 3 unspecified atom stereocenters. The van der Waals surface area contributed by atoms with Gasteiger partial charge in [-0.3, -0.25) is 4.90 Å². The molecule has 1 aliphatic rings. The lowest BCUT2D eigenvalue weighted by Gasteiger charge is -2.45. The second-order valence-electron chi connectivity index (χ2n) is 6.08. The van der Waals surface area contributed by atoms with Crippen molar-refractivity contribution in [2.75, 3.05) is 19.7 Å². The molecule has 0 heterocycles. The maximum atomic E-state index is 9.42. The van der Waals surface area contributed by atoms with Gasteiger partial charge in [-0.15, -0.1) is 0 Å². The molecule has 3 heteroatoms. The van der Waals surface area contributed by atoms with Crippen LogP contribution in [0.15, 0.2) is 0 Å². The third kappa shape index (κ3) is 4.44. The van der Waals surface area contributed by atoms with Crippen LogP contribution in [0, 0.1) is 11.8 Å². The van der Waals surface area contributed by atoms with Gasteiger partial charge in [-0.05, 0) is 44.1 Å². The molecule has 1 aliphatic carbocycles. The van der Waals surface area contributed by atoms with Crippen LogP contribution in [-0.2, 0) is 0 Å². The monoisotopic (exact) mass is 270 g/mol. The van der Waals surface area contributed by atoms with Crippen LogP contribution in [0.5, 0.6) is 0 Å². The summed E-state index contributed by atoms with van der Waals surface area (Å²) in [5.41, 5.74) is 6.01.